The van der Waals surface area contributed by atoms with E-state index in [0.717, 1.165) is 27.7 Å². The van der Waals surface area contributed by atoms with Crippen LogP contribution in [0.5, 0.6) is 11.5 Å². The standard InChI is InChI=1S/C23H22F2N2O4/c1-15-12-21(16-2-4-17(5-3-16)31-23(24)25)26-20-7-6-18(13-19(15)20)30-14-22(28)27-8-10-29-11-9-27/h2-7,12-13,23H,8-11,14H2,1H3. The third kappa shape index (κ3) is 5.08. The van der Waals surface area contributed by atoms with E-state index in [1.54, 1.807) is 23.1 Å². The third-order valence-corrected chi connectivity index (χ3v) is 5.09. The van der Waals surface area contributed by atoms with Gasteiger partial charge in [-0.25, -0.2) is 4.98 Å². The molecule has 4 rings (SSSR count). The number of alkyl halides is 2. The quantitative estimate of drug-likeness (QED) is 0.593. The number of carbonyl (C=O) groups excluding carboxylic acids is 1. The van der Waals surface area contributed by atoms with E-state index in [9.17, 15) is 13.6 Å². The van der Waals surface area contributed by atoms with Gasteiger partial charge >= 0.3 is 6.61 Å². The van der Waals surface area contributed by atoms with Gasteiger partial charge in [-0.2, -0.15) is 8.78 Å². The van der Waals surface area contributed by atoms with Gasteiger partial charge in [0.15, 0.2) is 6.61 Å². The molecule has 0 radical (unpaired) electrons. The maximum absolute atomic E-state index is 12.3. The van der Waals surface area contributed by atoms with Gasteiger partial charge in [-0.15, -0.1) is 0 Å². The molecule has 31 heavy (non-hydrogen) atoms. The zero-order valence-electron chi connectivity index (χ0n) is 17.0. The van der Waals surface area contributed by atoms with Crippen molar-refractivity contribution in [2.45, 2.75) is 13.5 Å². The largest absolute Gasteiger partial charge is 0.484 e. The van der Waals surface area contributed by atoms with E-state index in [0.29, 0.717) is 32.1 Å². The average molecular weight is 428 g/mol. The molecule has 0 saturated carbocycles. The molecular formula is C23H22F2N2O4. The number of nitrogens with zero attached hydrogens (tertiary/aromatic N) is 2. The summed E-state index contributed by atoms with van der Waals surface area (Å²) in [5, 5.41) is 0.915. The smallest absolute Gasteiger partial charge is 0.387 e. The Morgan fingerprint density at radius 1 is 1.10 bits per heavy atom. The van der Waals surface area contributed by atoms with Crippen molar-refractivity contribution in [3.05, 3.63) is 54.1 Å². The number of hydrogen-bond donors (Lipinski definition) is 0. The number of ether oxygens (including phenoxy) is 3. The molecule has 0 N–H and O–H groups in total. The van der Waals surface area contributed by atoms with Crippen LogP contribution in [0.15, 0.2) is 48.5 Å². The van der Waals surface area contributed by atoms with Gasteiger partial charge in [-0.3, -0.25) is 4.79 Å². The molecule has 6 nitrogen and oxygen atoms in total. The second kappa shape index (κ2) is 9.26. The Balaban J connectivity index is 1.49. The van der Waals surface area contributed by atoms with Gasteiger partial charge in [0, 0.05) is 24.0 Å². The molecule has 1 fully saturated rings. The Hall–Kier alpha value is -3.26. The molecule has 0 aliphatic carbocycles. The highest BCUT2D eigenvalue weighted by Gasteiger charge is 2.17. The molecule has 2 heterocycles. The van der Waals surface area contributed by atoms with E-state index in [4.69, 9.17) is 9.47 Å². The summed E-state index contributed by atoms with van der Waals surface area (Å²) in [4.78, 5) is 18.7. The van der Waals surface area contributed by atoms with Crippen LogP contribution < -0.4 is 9.47 Å². The molecule has 1 amide bonds. The molecule has 1 saturated heterocycles. The van der Waals surface area contributed by atoms with E-state index in [1.165, 1.54) is 12.1 Å². The summed E-state index contributed by atoms with van der Waals surface area (Å²) < 4.78 is 40.0. The van der Waals surface area contributed by atoms with Gasteiger partial charge in [0.1, 0.15) is 11.5 Å². The van der Waals surface area contributed by atoms with E-state index < -0.39 is 6.61 Å². The van der Waals surface area contributed by atoms with Gasteiger partial charge in [-0.05, 0) is 61.0 Å². The fourth-order valence-electron chi connectivity index (χ4n) is 3.47. The normalized spacial score (nSPS) is 14.1. The van der Waals surface area contributed by atoms with Crippen LogP contribution in [-0.4, -0.2) is 55.3 Å². The van der Waals surface area contributed by atoms with Gasteiger partial charge < -0.3 is 19.1 Å². The molecule has 0 spiro atoms. The van der Waals surface area contributed by atoms with E-state index in [1.807, 2.05) is 25.1 Å². The number of morpholine rings is 1. The second-order valence-electron chi connectivity index (χ2n) is 7.19. The molecule has 3 aromatic rings. The number of hydrogen-bond acceptors (Lipinski definition) is 5. The van der Waals surface area contributed by atoms with Crippen molar-refractivity contribution in [1.29, 1.82) is 0 Å². The van der Waals surface area contributed by atoms with Crippen molar-refractivity contribution in [1.82, 2.24) is 9.88 Å². The zero-order valence-corrected chi connectivity index (χ0v) is 17.0. The third-order valence-electron chi connectivity index (χ3n) is 5.09. The first kappa shape index (κ1) is 21.0. The summed E-state index contributed by atoms with van der Waals surface area (Å²) in [5.41, 5.74) is 3.28. The SMILES string of the molecule is Cc1cc(-c2ccc(OC(F)F)cc2)nc2ccc(OCC(=O)N3CCOCC3)cc12. The van der Waals surface area contributed by atoms with Crippen LogP contribution in [0.3, 0.4) is 0 Å². The highest BCUT2D eigenvalue weighted by molar-refractivity contribution is 5.86. The summed E-state index contributed by atoms with van der Waals surface area (Å²) in [6.07, 6.45) is 0. The minimum Gasteiger partial charge on any atom is -0.484 e. The number of aryl methyl sites for hydroxylation is 1. The van der Waals surface area contributed by atoms with Crippen LogP contribution in [-0.2, 0) is 9.53 Å². The van der Waals surface area contributed by atoms with Gasteiger partial charge in [0.2, 0.25) is 0 Å². The molecule has 1 aliphatic rings. The number of amides is 1. The number of rotatable bonds is 6. The Labute approximate surface area is 178 Å². The molecular weight excluding hydrogens is 406 g/mol. The predicted octanol–water partition coefficient (Wildman–Crippen LogP) is 4.05. The van der Waals surface area contributed by atoms with Crippen LogP contribution in [0.25, 0.3) is 22.2 Å². The molecule has 2 aromatic carbocycles. The fourth-order valence-corrected chi connectivity index (χ4v) is 3.47. The molecule has 1 aliphatic heterocycles. The van der Waals surface area contributed by atoms with Crippen molar-refractivity contribution >= 4 is 16.8 Å². The summed E-state index contributed by atoms with van der Waals surface area (Å²) in [7, 11) is 0. The molecule has 8 heteroatoms. The maximum Gasteiger partial charge on any atom is 0.387 e. The van der Waals surface area contributed by atoms with Crippen molar-refractivity contribution < 1.29 is 27.8 Å². The lowest BCUT2D eigenvalue weighted by Gasteiger charge is -2.26. The van der Waals surface area contributed by atoms with Crippen LogP contribution in [0.1, 0.15) is 5.56 Å². The summed E-state index contributed by atoms with van der Waals surface area (Å²) in [6.45, 7) is 1.36. The van der Waals surface area contributed by atoms with Crippen molar-refractivity contribution in [2.75, 3.05) is 32.9 Å². The highest BCUT2D eigenvalue weighted by Crippen LogP contribution is 2.28. The van der Waals surface area contributed by atoms with Gasteiger partial charge in [0.05, 0.1) is 24.4 Å². The number of pyridine rings is 1. The lowest BCUT2D eigenvalue weighted by atomic mass is 10.0. The number of halogens is 2. The lowest BCUT2D eigenvalue weighted by Crippen LogP contribution is -2.42. The van der Waals surface area contributed by atoms with Gasteiger partial charge in [0.25, 0.3) is 5.91 Å². The minimum absolute atomic E-state index is 0.0247. The van der Waals surface area contributed by atoms with Gasteiger partial charge in [-0.1, -0.05) is 0 Å². The Kier molecular flexibility index (Phi) is 6.27. The van der Waals surface area contributed by atoms with Crippen molar-refractivity contribution in [2.24, 2.45) is 0 Å². The summed E-state index contributed by atoms with van der Waals surface area (Å²) >= 11 is 0. The maximum atomic E-state index is 12.3. The molecule has 0 bridgehead atoms. The number of benzene rings is 2. The fraction of sp³-hybridized carbons (Fsp3) is 0.304. The number of aromatic nitrogens is 1. The first-order valence-corrected chi connectivity index (χ1v) is 9.94. The highest BCUT2D eigenvalue weighted by atomic mass is 19.3. The van der Waals surface area contributed by atoms with Crippen LogP contribution in [0.2, 0.25) is 0 Å². The summed E-state index contributed by atoms with van der Waals surface area (Å²) in [5.74, 6) is 0.637. The Morgan fingerprint density at radius 2 is 1.81 bits per heavy atom. The predicted molar refractivity (Wildman–Crippen MR) is 111 cm³/mol. The van der Waals surface area contributed by atoms with Crippen LogP contribution >= 0.6 is 0 Å². The topological polar surface area (TPSA) is 60.9 Å². The minimum atomic E-state index is -2.85. The second-order valence-corrected chi connectivity index (χ2v) is 7.19. The van der Waals surface area contributed by atoms with Crippen LogP contribution in [0.4, 0.5) is 8.78 Å². The average Bonchev–Trinajstić information content (AvgIpc) is 2.78. The number of fused-ring (bicyclic) bond motifs is 1. The molecule has 0 atom stereocenters. The first-order chi connectivity index (χ1) is 15.0. The van der Waals surface area contributed by atoms with Crippen LogP contribution in [0, 0.1) is 6.92 Å². The van der Waals surface area contributed by atoms with E-state index in [-0.39, 0.29) is 18.3 Å². The molecule has 0 unspecified atom stereocenters. The molecule has 1 aromatic heterocycles. The van der Waals surface area contributed by atoms with Crippen molar-refractivity contribution in [3.63, 3.8) is 0 Å². The number of carbonyl (C=O) groups is 1. The van der Waals surface area contributed by atoms with E-state index >= 15 is 0 Å². The Morgan fingerprint density at radius 3 is 2.52 bits per heavy atom. The monoisotopic (exact) mass is 428 g/mol. The lowest BCUT2D eigenvalue weighted by molar-refractivity contribution is -0.137. The van der Waals surface area contributed by atoms with Crippen molar-refractivity contribution in [3.8, 4) is 22.8 Å². The molecule has 162 valence electrons. The summed E-state index contributed by atoms with van der Waals surface area (Å²) in [6, 6.07) is 13.8. The van der Waals surface area contributed by atoms with E-state index in [2.05, 4.69) is 9.72 Å². The Bertz CT molecular complexity index is 1070. The first-order valence-electron chi connectivity index (χ1n) is 9.94. The zero-order chi connectivity index (χ0) is 21.8.